The van der Waals surface area contributed by atoms with E-state index in [9.17, 15) is 0 Å². The molecule has 260 valence electrons. The van der Waals surface area contributed by atoms with Crippen molar-refractivity contribution < 1.29 is 0 Å². The Morgan fingerprint density at radius 2 is 0.945 bits per heavy atom. The van der Waals surface area contributed by atoms with Gasteiger partial charge in [-0.15, -0.1) is 0 Å². The Balaban J connectivity index is 1.16. The number of nitrogens with zero attached hydrogens (tertiary/aromatic N) is 2. The van der Waals surface area contributed by atoms with Crippen LogP contribution in [0.4, 0.5) is 17.1 Å². The molecule has 9 aromatic carbocycles. The third kappa shape index (κ3) is 5.85. The van der Waals surface area contributed by atoms with Crippen LogP contribution in [0.2, 0.25) is 0 Å². The standard InChI is InChI=1S/C53H38N2/c1-3-17-38(18-4-1)39-31-34-44(35-32-39)54(51-29-15-11-24-45(51)40-19-5-2-6-20-40)49-27-13-8-22-42(49)37-43-23-9-14-28-50(43)55-52-30-16-12-26-47(52)48-36-33-41-21-7-10-25-46(41)53(48)55/h1-36H,37H2. The monoisotopic (exact) mass is 702 g/mol. The van der Waals surface area contributed by atoms with Crippen molar-refractivity contribution in [3.8, 4) is 27.9 Å². The van der Waals surface area contributed by atoms with E-state index in [1.165, 1.54) is 71.6 Å². The lowest BCUT2D eigenvalue weighted by molar-refractivity contribution is 1.09. The van der Waals surface area contributed by atoms with Gasteiger partial charge < -0.3 is 9.47 Å². The molecule has 0 aliphatic carbocycles. The summed E-state index contributed by atoms with van der Waals surface area (Å²) in [6.45, 7) is 0. The summed E-state index contributed by atoms with van der Waals surface area (Å²) in [5.74, 6) is 0. The van der Waals surface area contributed by atoms with Crippen molar-refractivity contribution in [3.05, 3.63) is 230 Å². The van der Waals surface area contributed by atoms with E-state index in [0.717, 1.165) is 23.5 Å². The van der Waals surface area contributed by atoms with Gasteiger partial charge in [0.2, 0.25) is 0 Å². The van der Waals surface area contributed by atoms with Crippen LogP contribution in [0, 0.1) is 0 Å². The second-order valence-electron chi connectivity index (χ2n) is 14.1. The number of fused-ring (bicyclic) bond motifs is 5. The molecule has 0 fully saturated rings. The van der Waals surface area contributed by atoms with Gasteiger partial charge in [-0.25, -0.2) is 0 Å². The number of anilines is 3. The highest BCUT2D eigenvalue weighted by atomic mass is 15.1. The van der Waals surface area contributed by atoms with Gasteiger partial charge in [0.25, 0.3) is 0 Å². The molecular formula is C53H38N2. The van der Waals surface area contributed by atoms with Crippen molar-refractivity contribution in [2.45, 2.75) is 6.42 Å². The number of benzene rings is 9. The summed E-state index contributed by atoms with van der Waals surface area (Å²) in [6.07, 6.45) is 0.747. The average molecular weight is 703 g/mol. The largest absolute Gasteiger partial charge is 0.310 e. The summed E-state index contributed by atoms with van der Waals surface area (Å²) < 4.78 is 2.50. The predicted octanol–water partition coefficient (Wildman–Crippen LogP) is 14.3. The maximum Gasteiger partial charge on any atom is 0.0619 e. The minimum Gasteiger partial charge on any atom is -0.310 e. The Kier molecular flexibility index (Phi) is 8.27. The Morgan fingerprint density at radius 3 is 1.75 bits per heavy atom. The van der Waals surface area contributed by atoms with E-state index >= 15 is 0 Å². The predicted molar refractivity (Wildman–Crippen MR) is 233 cm³/mol. The van der Waals surface area contributed by atoms with E-state index in [1.54, 1.807) is 0 Å². The maximum absolute atomic E-state index is 2.50. The van der Waals surface area contributed by atoms with Gasteiger partial charge in [0.15, 0.2) is 0 Å². The molecule has 0 aliphatic heterocycles. The van der Waals surface area contributed by atoms with Crippen LogP contribution in [0.3, 0.4) is 0 Å². The van der Waals surface area contributed by atoms with Gasteiger partial charge in [-0.05, 0) is 69.6 Å². The molecule has 10 rings (SSSR count). The van der Waals surface area contributed by atoms with Crippen LogP contribution in [-0.4, -0.2) is 4.57 Å². The van der Waals surface area contributed by atoms with Crippen LogP contribution in [0.5, 0.6) is 0 Å². The minimum absolute atomic E-state index is 0.747. The van der Waals surface area contributed by atoms with Crippen molar-refractivity contribution >= 4 is 49.6 Å². The van der Waals surface area contributed by atoms with Gasteiger partial charge in [-0.1, -0.05) is 182 Å². The number of hydrogen-bond donors (Lipinski definition) is 0. The molecule has 0 N–H and O–H groups in total. The molecular weight excluding hydrogens is 665 g/mol. The van der Waals surface area contributed by atoms with Gasteiger partial charge in [-0.2, -0.15) is 0 Å². The van der Waals surface area contributed by atoms with Gasteiger partial charge in [0.05, 0.1) is 16.7 Å². The number of hydrogen-bond acceptors (Lipinski definition) is 1. The average Bonchev–Trinajstić information content (AvgIpc) is 3.60. The topological polar surface area (TPSA) is 8.17 Å². The molecule has 0 atom stereocenters. The van der Waals surface area contributed by atoms with E-state index in [2.05, 4.69) is 228 Å². The zero-order valence-electron chi connectivity index (χ0n) is 30.4. The molecule has 0 amide bonds. The molecule has 1 aromatic heterocycles. The second kappa shape index (κ2) is 14.0. The number of aromatic nitrogens is 1. The van der Waals surface area contributed by atoms with Gasteiger partial charge >= 0.3 is 0 Å². The molecule has 0 bridgehead atoms. The lowest BCUT2D eigenvalue weighted by Gasteiger charge is -2.30. The minimum atomic E-state index is 0.747. The van der Waals surface area contributed by atoms with Crippen LogP contribution in [0.25, 0.3) is 60.5 Å². The van der Waals surface area contributed by atoms with Crippen molar-refractivity contribution in [1.29, 1.82) is 0 Å². The first-order chi connectivity index (χ1) is 27.3. The molecule has 0 saturated carbocycles. The van der Waals surface area contributed by atoms with Crippen LogP contribution >= 0.6 is 0 Å². The quantitative estimate of drug-likeness (QED) is 0.153. The molecule has 55 heavy (non-hydrogen) atoms. The van der Waals surface area contributed by atoms with Crippen molar-refractivity contribution in [1.82, 2.24) is 4.57 Å². The SMILES string of the molecule is c1ccc(-c2ccc(N(c3ccccc3Cc3ccccc3-n3c4ccccc4c4ccc5ccccc5c43)c3ccccc3-c3ccccc3)cc2)cc1. The molecule has 10 aromatic rings. The highest BCUT2D eigenvalue weighted by Crippen LogP contribution is 2.44. The Hall–Kier alpha value is -7.16. The zero-order chi connectivity index (χ0) is 36.6. The fraction of sp³-hybridized carbons (Fsp3) is 0.0189. The third-order valence-corrected chi connectivity index (χ3v) is 10.9. The van der Waals surface area contributed by atoms with E-state index in [-0.39, 0.29) is 0 Å². The van der Waals surface area contributed by atoms with Crippen LogP contribution in [0.1, 0.15) is 11.1 Å². The third-order valence-electron chi connectivity index (χ3n) is 10.9. The van der Waals surface area contributed by atoms with E-state index in [1.807, 2.05) is 0 Å². The highest BCUT2D eigenvalue weighted by molar-refractivity contribution is 6.18. The van der Waals surface area contributed by atoms with E-state index in [0.29, 0.717) is 0 Å². The molecule has 2 nitrogen and oxygen atoms in total. The normalized spacial score (nSPS) is 11.3. The first kappa shape index (κ1) is 32.5. The molecule has 0 radical (unpaired) electrons. The molecule has 0 aliphatic rings. The Labute approximate surface area is 321 Å². The lowest BCUT2D eigenvalue weighted by atomic mass is 9.97. The van der Waals surface area contributed by atoms with Gasteiger partial charge in [0, 0.05) is 45.2 Å². The smallest absolute Gasteiger partial charge is 0.0619 e. The molecule has 0 saturated heterocycles. The first-order valence-corrected chi connectivity index (χ1v) is 19.0. The van der Waals surface area contributed by atoms with Crippen molar-refractivity contribution in [3.63, 3.8) is 0 Å². The van der Waals surface area contributed by atoms with Crippen LogP contribution in [-0.2, 0) is 6.42 Å². The zero-order valence-corrected chi connectivity index (χ0v) is 30.4. The van der Waals surface area contributed by atoms with E-state index < -0.39 is 0 Å². The van der Waals surface area contributed by atoms with Gasteiger partial charge in [-0.3, -0.25) is 0 Å². The highest BCUT2D eigenvalue weighted by Gasteiger charge is 2.22. The summed E-state index contributed by atoms with van der Waals surface area (Å²) in [4.78, 5) is 2.45. The number of para-hydroxylation sites is 4. The summed E-state index contributed by atoms with van der Waals surface area (Å²) in [6, 6.07) is 79.1. The van der Waals surface area contributed by atoms with Crippen LogP contribution < -0.4 is 4.90 Å². The first-order valence-electron chi connectivity index (χ1n) is 19.0. The molecule has 0 spiro atoms. The Bertz CT molecular complexity index is 2940. The van der Waals surface area contributed by atoms with Crippen molar-refractivity contribution in [2.24, 2.45) is 0 Å². The fourth-order valence-corrected chi connectivity index (χ4v) is 8.31. The summed E-state index contributed by atoms with van der Waals surface area (Å²) in [7, 11) is 0. The van der Waals surface area contributed by atoms with E-state index in [4.69, 9.17) is 0 Å². The molecule has 1 heterocycles. The summed E-state index contributed by atoms with van der Waals surface area (Å²) in [5, 5.41) is 5.04. The summed E-state index contributed by atoms with van der Waals surface area (Å²) in [5.41, 5.74) is 14.3. The molecule has 2 heteroatoms. The summed E-state index contributed by atoms with van der Waals surface area (Å²) >= 11 is 0. The van der Waals surface area contributed by atoms with Crippen LogP contribution in [0.15, 0.2) is 218 Å². The second-order valence-corrected chi connectivity index (χ2v) is 14.1. The Morgan fingerprint density at radius 1 is 0.364 bits per heavy atom. The van der Waals surface area contributed by atoms with Gasteiger partial charge in [0.1, 0.15) is 0 Å². The molecule has 0 unspecified atom stereocenters. The maximum atomic E-state index is 2.50. The number of rotatable bonds is 8. The fourth-order valence-electron chi connectivity index (χ4n) is 8.31. The lowest BCUT2D eigenvalue weighted by Crippen LogP contribution is -2.14. The van der Waals surface area contributed by atoms with Crippen molar-refractivity contribution in [2.75, 3.05) is 4.90 Å².